The van der Waals surface area contributed by atoms with E-state index in [1.807, 2.05) is 48.5 Å². The zero-order valence-corrected chi connectivity index (χ0v) is 18.7. The Bertz CT molecular complexity index is 1160. The number of nitrogens with one attached hydrogen (secondary N) is 2. The maximum absolute atomic E-state index is 12.1. The minimum absolute atomic E-state index is 0.0973. The van der Waals surface area contributed by atoms with Gasteiger partial charge in [0.05, 0.1) is 0 Å². The Labute approximate surface area is 191 Å². The molecule has 2 amide bonds. The molecule has 2 N–H and O–H groups in total. The largest absolute Gasteiger partial charge is 0.486 e. The van der Waals surface area contributed by atoms with Crippen molar-refractivity contribution in [2.45, 2.75) is 25.9 Å². The summed E-state index contributed by atoms with van der Waals surface area (Å²) in [6.07, 6.45) is 0. The number of para-hydroxylation sites is 1. The molecule has 1 aromatic heterocycles. The Kier molecular flexibility index (Phi) is 6.47. The molecule has 0 unspecified atom stereocenters. The molecule has 0 atom stereocenters. The van der Waals surface area contributed by atoms with E-state index in [1.54, 1.807) is 0 Å². The fraction of sp³-hybridized carbons (Fsp3) is 0.160. The number of rotatable bonds is 7. The van der Waals surface area contributed by atoms with E-state index in [4.69, 9.17) is 4.74 Å². The zero-order chi connectivity index (χ0) is 22.4. The number of hydrogen-bond acceptors (Lipinski definition) is 5. The topological polar surface area (TPSA) is 76.1 Å². The van der Waals surface area contributed by atoms with Crippen molar-refractivity contribution in [2.24, 2.45) is 0 Å². The van der Waals surface area contributed by atoms with Crippen molar-refractivity contribution in [3.63, 3.8) is 0 Å². The molecule has 4 aromatic rings. The van der Waals surface area contributed by atoms with Crippen LogP contribution in [-0.4, -0.2) is 16.2 Å². The molecule has 0 saturated heterocycles. The summed E-state index contributed by atoms with van der Waals surface area (Å²) < 4.78 is 5.86. The van der Waals surface area contributed by atoms with Crippen LogP contribution in [0.5, 0.6) is 5.75 Å². The van der Waals surface area contributed by atoms with Gasteiger partial charge in [0.1, 0.15) is 12.4 Å². The van der Waals surface area contributed by atoms with Crippen molar-refractivity contribution in [2.75, 3.05) is 10.6 Å². The molecule has 0 aliphatic rings. The van der Waals surface area contributed by atoms with E-state index in [0.717, 1.165) is 5.75 Å². The van der Waals surface area contributed by atoms with Gasteiger partial charge in [-0.3, -0.25) is 5.32 Å². The first-order chi connectivity index (χ1) is 15.5. The first kappa shape index (κ1) is 21.5. The summed E-state index contributed by atoms with van der Waals surface area (Å²) in [6, 6.07) is 27.4. The van der Waals surface area contributed by atoms with E-state index in [2.05, 4.69) is 71.1 Å². The number of ether oxygens (including phenoxy) is 1. The number of urea groups is 1. The molecule has 0 bridgehead atoms. The predicted octanol–water partition coefficient (Wildman–Crippen LogP) is 6.09. The highest BCUT2D eigenvalue weighted by molar-refractivity contribution is 7.15. The second-order valence-corrected chi connectivity index (χ2v) is 8.81. The summed E-state index contributed by atoms with van der Waals surface area (Å²) in [5, 5.41) is 14.6. The molecule has 7 heteroatoms. The van der Waals surface area contributed by atoms with Crippen molar-refractivity contribution in [3.8, 4) is 5.75 Å². The van der Waals surface area contributed by atoms with Gasteiger partial charge in [0.2, 0.25) is 5.13 Å². The molecule has 0 spiro atoms. The van der Waals surface area contributed by atoms with Crippen molar-refractivity contribution >= 4 is 28.2 Å². The molecule has 0 radical (unpaired) electrons. The molecule has 3 aromatic carbocycles. The number of carbonyl (C=O) groups excluding carboxylic acids is 1. The summed E-state index contributed by atoms with van der Waals surface area (Å²) in [4.78, 5) is 12.1. The Morgan fingerprint density at radius 1 is 0.844 bits per heavy atom. The number of nitrogens with zero attached hydrogens (tertiary/aromatic N) is 2. The molecule has 1 heterocycles. The quantitative estimate of drug-likeness (QED) is 0.362. The van der Waals surface area contributed by atoms with Crippen molar-refractivity contribution < 1.29 is 9.53 Å². The molecular weight excluding hydrogens is 420 g/mol. The Morgan fingerprint density at radius 2 is 1.47 bits per heavy atom. The van der Waals surface area contributed by atoms with Crippen LogP contribution in [0.15, 0.2) is 84.9 Å². The Morgan fingerprint density at radius 3 is 2.16 bits per heavy atom. The number of hydrogen-bond donors (Lipinski definition) is 2. The summed E-state index contributed by atoms with van der Waals surface area (Å²) in [5.41, 5.74) is 3.08. The van der Waals surface area contributed by atoms with Gasteiger partial charge in [-0.15, -0.1) is 10.2 Å². The van der Waals surface area contributed by atoms with E-state index >= 15 is 0 Å². The van der Waals surface area contributed by atoms with Crippen molar-refractivity contribution in [1.29, 1.82) is 0 Å². The lowest BCUT2D eigenvalue weighted by atomic mass is 9.78. The Balaban J connectivity index is 1.31. The highest BCUT2D eigenvalue weighted by Gasteiger charge is 2.22. The summed E-state index contributed by atoms with van der Waals surface area (Å²) in [7, 11) is 0. The maximum Gasteiger partial charge on any atom is 0.325 e. The normalized spacial score (nSPS) is 11.1. The highest BCUT2D eigenvalue weighted by atomic mass is 32.1. The fourth-order valence-electron chi connectivity index (χ4n) is 3.28. The highest BCUT2D eigenvalue weighted by Crippen LogP contribution is 2.32. The lowest BCUT2D eigenvalue weighted by Gasteiger charge is -2.26. The summed E-state index contributed by atoms with van der Waals surface area (Å²) in [5.74, 6) is 0.754. The van der Waals surface area contributed by atoms with Crippen LogP contribution in [0.1, 0.15) is 30.0 Å². The first-order valence-electron chi connectivity index (χ1n) is 10.2. The third-order valence-corrected chi connectivity index (χ3v) is 5.96. The van der Waals surface area contributed by atoms with Crippen LogP contribution in [0.2, 0.25) is 0 Å². The smallest absolute Gasteiger partial charge is 0.325 e. The second-order valence-electron chi connectivity index (χ2n) is 7.75. The van der Waals surface area contributed by atoms with Gasteiger partial charge in [-0.1, -0.05) is 85.8 Å². The van der Waals surface area contributed by atoms with Crippen molar-refractivity contribution in [3.05, 3.63) is 101 Å². The summed E-state index contributed by atoms with van der Waals surface area (Å²) in [6.45, 7) is 4.70. The standard InChI is InChI=1S/C25H24N4O2S/c1-25(2,18-9-5-3-6-10-18)19-13-15-21(16-14-19)31-17-22-28-29-24(32-22)27-23(30)26-20-11-7-4-8-12-20/h3-16H,17H2,1-2H3,(H2,26,27,29,30). The van der Waals surface area contributed by atoms with Gasteiger partial charge in [-0.05, 0) is 35.4 Å². The minimum atomic E-state index is -0.364. The lowest BCUT2D eigenvalue weighted by Crippen LogP contribution is -2.19. The molecule has 0 aliphatic heterocycles. The lowest BCUT2D eigenvalue weighted by molar-refractivity contribution is 0.262. The molecule has 32 heavy (non-hydrogen) atoms. The monoisotopic (exact) mass is 444 g/mol. The van der Waals surface area contributed by atoms with E-state index in [1.165, 1.54) is 22.5 Å². The van der Waals surface area contributed by atoms with Crippen LogP contribution in [0.25, 0.3) is 0 Å². The molecule has 162 valence electrons. The molecule has 6 nitrogen and oxygen atoms in total. The van der Waals surface area contributed by atoms with Gasteiger partial charge in [0.25, 0.3) is 0 Å². The third kappa shape index (κ3) is 5.31. The molecule has 0 aliphatic carbocycles. The van der Waals surface area contributed by atoms with Crippen LogP contribution in [0, 0.1) is 0 Å². The van der Waals surface area contributed by atoms with Gasteiger partial charge in [0, 0.05) is 11.1 Å². The average molecular weight is 445 g/mol. The van der Waals surface area contributed by atoms with Crippen LogP contribution >= 0.6 is 11.3 Å². The van der Waals surface area contributed by atoms with E-state index < -0.39 is 0 Å². The van der Waals surface area contributed by atoms with Crippen LogP contribution in [0.4, 0.5) is 15.6 Å². The van der Waals surface area contributed by atoms with E-state index in [-0.39, 0.29) is 18.1 Å². The number of anilines is 2. The summed E-state index contributed by atoms with van der Waals surface area (Å²) >= 11 is 1.28. The number of carbonyl (C=O) groups is 1. The SMILES string of the molecule is CC(C)(c1ccccc1)c1ccc(OCc2nnc(NC(=O)Nc3ccccc3)s2)cc1. The molecule has 4 rings (SSSR count). The number of amides is 2. The maximum atomic E-state index is 12.1. The van der Waals surface area contributed by atoms with Gasteiger partial charge in [0.15, 0.2) is 5.01 Å². The zero-order valence-electron chi connectivity index (χ0n) is 17.9. The third-order valence-electron chi connectivity index (χ3n) is 5.15. The van der Waals surface area contributed by atoms with Crippen LogP contribution < -0.4 is 15.4 Å². The number of aromatic nitrogens is 2. The number of benzene rings is 3. The first-order valence-corrected chi connectivity index (χ1v) is 11.1. The molecule has 0 saturated carbocycles. The van der Waals surface area contributed by atoms with Gasteiger partial charge >= 0.3 is 6.03 Å². The van der Waals surface area contributed by atoms with Gasteiger partial charge < -0.3 is 10.1 Å². The fourth-order valence-corrected chi connectivity index (χ4v) is 3.93. The average Bonchev–Trinajstić information content (AvgIpc) is 3.26. The molecule has 0 fully saturated rings. The van der Waals surface area contributed by atoms with Crippen molar-refractivity contribution in [1.82, 2.24) is 10.2 Å². The minimum Gasteiger partial charge on any atom is -0.486 e. The van der Waals surface area contributed by atoms with Crippen LogP contribution in [0.3, 0.4) is 0 Å². The van der Waals surface area contributed by atoms with Crippen LogP contribution in [-0.2, 0) is 12.0 Å². The Hall–Kier alpha value is -3.71. The van der Waals surface area contributed by atoms with E-state index in [9.17, 15) is 4.79 Å². The van der Waals surface area contributed by atoms with E-state index in [0.29, 0.717) is 15.8 Å². The second kappa shape index (κ2) is 9.62. The van der Waals surface area contributed by atoms with Gasteiger partial charge in [-0.25, -0.2) is 4.79 Å². The van der Waals surface area contributed by atoms with Gasteiger partial charge in [-0.2, -0.15) is 0 Å². The predicted molar refractivity (Wildman–Crippen MR) is 128 cm³/mol. The molecular formula is C25H24N4O2S.